The number of hydrogen-bond acceptors (Lipinski definition) is 6. The molecule has 0 aromatic heterocycles. The Labute approximate surface area is 130 Å². The Morgan fingerprint density at radius 2 is 1.68 bits per heavy atom. The van der Waals surface area contributed by atoms with Crippen molar-refractivity contribution < 1.29 is 27.4 Å². The highest BCUT2D eigenvalue weighted by molar-refractivity contribution is 7.89. The highest BCUT2D eigenvalue weighted by Crippen LogP contribution is 2.30. The van der Waals surface area contributed by atoms with Crippen molar-refractivity contribution >= 4 is 16.0 Å². The topological polar surface area (TPSA) is 90.9 Å². The second-order valence-electron chi connectivity index (χ2n) is 4.10. The van der Waals surface area contributed by atoms with Gasteiger partial charge in [-0.05, 0) is 32.9 Å². The molecule has 1 N–H and O–H groups in total. The van der Waals surface area contributed by atoms with E-state index in [4.69, 9.17) is 9.47 Å². The van der Waals surface area contributed by atoms with Gasteiger partial charge in [-0.2, -0.15) is 4.72 Å². The standard InChI is InChI=1S/C14H21NO6S/c1-4-19-12-8-7-11(9-13(12)20-5-2)22(17,18)15-10-14(16)21-6-3/h7-9,15H,4-6,10H2,1-3H3. The quantitative estimate of drug-likeness (QED) is 0.686. The van der Waals surface area contributed by atoms with Crippen molar-refractivity contribution in [3.63, 3.8) is 0 Å². The summed E-state index contributed by atoms with van der Waals surface area (Å²) in [5.74, 6) is 0.166. The second-order valence-corrected chi connectivity index (χ2v) is 5.87. The summed E-state index contributed by atoms with van der Waals surface area (Å²) in [6, 6.07) is 4.27. The average Bonchev–Trinajstić information content (AvgIpc) is 2.48. The van der Waals surface area contributed by atoms with Crippen molar-refractivity contribution in [2.24, 2.45) is 0 Å². The Bertz CT molecular complexity index is 599. The number of nitrogens with one attached hydrogen (secondary N) is 1. The van der Waals surface area contributed by atoms with Crippen LogP contribution in [0.25, 0.3) is 0 Å². The third-order valence-corrected chi connectivity index (χ3v) is 3.94. The van der Waals surface area contributed by atoms with Crippen molar-refractivity contribution in [2.75, 3.05) is 26.4 Å². The molecule has 0 saturated heterocycles. The van der Waals surface area contributed by atoms with E-state index in [9.17, 15) is 13.2 Å². The minimum absolute atomic E-state index is 0.0105. The van der Waals surface area contributed by atoms with E-state index in [1.165, 1.54) is 18.2 Å². The Morgan fingerprint density at radius 3 is 2.27 bits per heavy atom. The maximum absolute atomic E-state index is 12.2. The molecule has 0 fully saturated rings. The van der Waals surface area contributed by atoms with Gasteiger partial charge >= 0.3 is 5.97 Å². The molecule has 7 nitrogen and oxygen atoms in total. The monoisotopic (exact) mass is 331 g/mol. The molecule has 0 aliphatic carbocycles. The minimum Gasteiger partial charge on any atom is -0.490 e. The van der Waals surface area contributed by atoms with Gasteiger partial charge in [0.25, 0.3) is 0 Å². The van der Waals surface area contributed by atoms with E-state index >= 15 is 0 Å². The van der Waals surface area contributed by atoms with Crippen LogP contribution in [0.3, 0.4) is 0 Å². The molecule has 0 aliphatic rings. The van der Waals surface area contributed by atoms with Crippen LogP contribution in [0.1, 0.15) is 20.8 Å². The first-order chi connectivity index (χ1) is 10.4. The van der Waals surface area contributed by atoms with Gasteiger partial charge in [-0.1, -0.05) is 0 Å². The summed E-state index contributed by atoms with van der Waals surface area (Å²) in [7, 11) is -3.83. The van der Waals surface area contributed by atoms with Crippen LogP contribution in [0.5, 0.6) is 11.5 Å². The van der Waals surface area contributed by atoms with Gasteiger partial charge in [-0.15, -0.1) is 0 Å². The summed E-state index contributed by atoms with van der Waals surface area (Å²) >= 11 is 0. The fraction of sp³-hybridized carbons (Fsp3) is 0.500. The summed E-state index contributed by atoms with van der Waals surface area (Å²) < 4.78 is 41.9. The van der Waals surface area contributed by atoms with E-state index in [1.54, 1.807) is 13.8 Å². The number of hydrogen-bond donors (Lipinski definition) is 1. The highest BCUT2D eigenvalue weighted by atomic mass is 32.2. The van der Waals surface area contributed by atoms with Gasteiger partial charge in [-0.25, -0.2) is 8.42 Å². The van der Waals surface area contributed by atoms with Crippen molar-refractivity contribution in [3.05, 3.63) is 18.2 Å². The molecule has 0 heterocycles. The summed E-state index contributed by atoms with van der Waals surface area (Å²) in [4.78, 5) is 11.2. The third-order valence-electron chi connectivity index (χ3n) is 2.54. The third kappa shape index (κ3) is 5.19. The first kappa shape index (κ1) is 18.2. The molecule has 0 saturated carbocycles. The SMILES string of the molecule is CCOC(=O)CNS(=O)(=O)c1ccc(OCC)c(OCC)c1. The van der Waals surface area contributed by atoms with Crippen LogP contribution in [0.4, 0.5) is 0 Å². The van der Waals surface area contributed by atoms with Gasteiger partial charge in [0.1, 0.15) is 6.54 Å². The van der Waals surface area contributed by atoms with Gasteiger partial charge in [-0.3, -0.25) is 4.79 Å². The lowest BCUT2D eigenvalue weighted by Crippen LogP contribution is -2.30. The number of sulfonamides is 1. The second kappa shape index (κ2) is 8.60. The average molecular weight is 331 g/mol. The molecule has 0 amide bonds. The molecule has 124 valence electrons. The number of esters is 1. The first-order valence-corrected chi connectivity index (χ1v) is 8.47. The molecule has 0 bridgehead atoms. The van der Waals surface area contributed by atoms with Crippen LogP contribution in [0.15, 0.2) is 23.1 Å². The van der Waals surface area contributed by atoms with E-state index in [1.807, 2.05) is 6.92 Å². The van der Waals surface area contributed by atoms with Crippen molar-refractivity contribution in [1.29, 1.82) is 0 Å². The zero-order valence-electron chi connectivity index (χ0n) is 12.9. The molecule has 0 aliphatic heterocycles. The van der Waals surface area contributed by atoms with Crippen molar-refractivity contribution in [2.45, 2.75) is 25.7 Å². The van der Waals surface area contributed by atoms with Gasteiger partial charge in [0.2, 0.25) is 10.0 Å². The summed E-state index contributed by atoms with van der Waals surface area (Å²) in [6.07, 6.45) is 0. The number of carbonyl (C=O) groups excluding carboxylic acids is 1. The fourth-order valence-corrected chi connectivity index (χ4v) is 2.63. The first-order valence-electron chi connectivity index (χ1n) is 6.99. The van der Waals surface area contributed by atoms with E-state index in [0.29, 0.717) is 24.7 Å². The molecule has 1 aromatic carbocycles. The molecule has 0 unspecified atom stereocenters. The van der Waals surface area contributed by atoms with Crippen LogP contribution in [-0.4, -0.2) is 40.8 Å². The van der Waals surface area contributed by atoms with Crippen LogP contribution < -0.4 is 14.2 Å². The van der Waals surface area contributed by atoms with Gasteiger partial charge < -0.3 is 14.2 Å². The maximum atomic E-state index is 12.2. The lowest BCUT2D eigenvalue weighted by molar-refractivity contribution is -0.141. The van der Waals surface area contributed by atoms with Crippen LogP contribution in [-0.2, 0) is 19.6 Å². The van der Waals surface area contributed by atoms with Crippen LogP contribution in [0.2, 0.25) is 0 Å². The summed E-state index contributed by atoms with van der Waals surface area (Å²) in [6.45, 7) is 5.84. The van der Waals surface area contributed by atoms with Crippen LogP contribution >= 0.6 is 0 Å². The molecule has 0 atom stereocenters. The number of rotatable bonds is 9. The summed E-state index contributed by atoms with van der Waals surface area (Å²) in [5.41, 5.74) is 0. The molecule has 1 aromatic rings. The molecule has 0 spiro atoms. The predicted molar refractivity (Wildman–Crippen MR) is 80.6 cm³/mol. The largest absolute Gasteiger partial charge is 0.490 e. The number of carbonyl (C=O) groups is 1. The zero-order valence-corrected chi connectivity index (χ0v) is 13.7. The van der Waals surface area contributed by atoms with E-state index in [2.05, 4.69) is 9.46 Å². The molecule has 0 radical (unpaired) electrons. The normalized spacial score (nSPS) is 11.0. The lowest BCUT2D eigenvalue weighted by atomic mass is 10.3. The Hall–Kier alpha value is -1.80. The molecule has 8 heteroatoms. The lowest BCUT2D eigenvalue weighted by Gasteiger charge is -2.13. The molecular weight excluding hydrogens is 310 g/mol. The van der Waals surface area contributed by atoms with Crippen molar-refractivity contribution in [3.8, 4) is 11.5 Å². The highest BCUT2D eigenvalue weighted by Gasteiger charge is 2.18. The van der Waals surface area contributed by atoms with Crippen molar-refractivity contribution in [1.82, 2.24) is 4.72 Å². The van der Waals surface area contributed by atoms with E-state index in [-0.39, 0.29) is 11.5 Å². The Kier molecular flexibility index (Phi) is 7.13. The van der Waals surface area contributed by atoms with Gasteiger partial charge in [0.15, 0.2) is 11.5 Å². The Morgan fingerprint density at radius 1 is 1.05 bits per heavy atom. The molecule has 1 rings (SSSR count). The molecular formula is C14H21NO6S. The molecule has 22 heavy (non-hydrogen) atoms. The van der Waals surface area contributed by atoms with Gasteiger partial charge in [0, 0.05) is 6.07 Å². The number of benzene rings is 1. The smallest absolute Gasteiger partial charge is 0.321 e. The fourth-order valence-electron chi connectivity index (χ4n) is 1.65. The summed E-state index contributed by atoms with van der Waals surface area (Å²) in [5, 5.41) is 0. The van der Waals surface area contributed by atoms with Crippen LogP contribution in [0, 0.1) is 0 Å². The predicted octanol–water partition coefficient (Wildman–Crippen LogP) is 1.33. The van der Waals surface area contributed by atoms with E-state index < -0.39 is 22.5 Å². The Balaban J connectivity index is 2.94. The van der Waals surface area contributed by atoms with E-state index in [0.717, 1.165) is 0 Å². The maximum Gasteiger partial charge on any atom is 0.321 e. The number of ether oxygens (including phenoxy) is 3. The zero-order chi connectivity index (χ0) is 16.6. The van der Waals surface area contributed by atoms with Gasteiger partial charge in [0.05, 0.1) is 24.7 Å². The minimum atomic E-state index is -3.83.